The molecule has 0 bridgehead atoms. The molecular formula is C10H19N3. The van der Waals surface area contributed by atoms with E-state index in [2.05, 4.69) is 23.9 Å². The van der Waals surface area contributed by atoms with E-state index in [1.165, 1.54) is 25.7 Å². The van der Waals surface area contributed by atoms with Gasteiger partial charge in [-0.2, -0.15) is 0 Å². The fraction of sp³-hybridized carbons (Fsp3) is 1.00. The molecule has 1 aliphatic carbocycles. The molecule has 0 aromatic carbocycles. The van der Waals surface area contributed by atoms with Gasteiger partial charge in [0.25, 0.3) is 0 Å². The summed E-state index contributed by atoms with van der Waals surface area (Å²) in [5.74, 6) is 0.804. The van der Waals surface area contributed by atoms with E-state index in [1.807, 2.05) is 0 Å². The van der Waals surface area contributed by atoms with E-state index in [9.17, 15) is 0 Å². The molecule has 0 radical (unpaired) electrons. The molecule has 74 valence electrons. The van der Waals surface area contributed by atoms with Gasteiger partial charge in [0.05, 0.1) is 0 Å². The summed E-state index contributed by atoms with van der Waals surface area (Å²) in [6, 6.07) is 0. The topological polar surface area (TPSA) is 48.8 Å². The highest BCUT2D eigenvalue weighted by atomic mass is 15.1. The molecule has 1 aliphatic rings. The van der Waals surface area contributed by atoms with Gasteiger partial charge in [0.1, 0.15) is 0 Å². The van der Waals surface area contributed by atoms with Crippen molar-refractivity contribution in [2.75, 3.05) is 6.54 Å². The fourth-order valence-corrected chi connectivity index (χ4v) is 2.03. The van der Waals surface area contributed by atoms with Gasteiger partial charge in [-0.3, -0.25) is 0 Å². The van der Waals surface area contributed by atoms with Crippen LogP contribution in [0, 0.1) is 11.3 Å². The largest absolute Gasteiger partial charge is 0.0940 e. The normalized spacial score (nSPS) is 22.3. The minimum atomic E-state index is 0.551. The number of hydrogen-bond donors (Lipinski definition) is 0. The maximum absolute atomic E-state index is 8.14. The zero-order chi connectivity index (χ0) is 9.73. The predicted molar refractivity (Wildman–Crippen MR) is 54.4 cm³/mol. The zero-order valence-electron chi connectivity index (χ0n) is 8.66. The zero-order valence-corrected chi connectivity index (χ0v) is 8.66. The highest BCUT2D eigenvalue weighted by molar-refractivity contribution is 4.78. The van der Waals surface area contributed by atoms with Crippen LogP contribution in [0.15, 0.2) is 5.11 Å². The Kier molecular flexibility index (Phi) is 3.61. The molecule has 3 heteroatoms. The number of rotatable bonds is 3. The van der Waals surface area contributed by atoms with Crippen molar-refractivity contribution in [3.8, 4) is 0 Å². The summed E-state index contributed by atoms with van der Waals surface area (Å²) >= 11 is 0. The maximum atomic E-state index is 8.14. The van der Waals surface area contributed by atoms with Crippen LogP contribution in [0.3, 0.4) is 0 Å². The smallest absolute Gasteiger partial charge is 0.0260 e. The lowest BCUT2D eigenvalue weighted by Gasteiger charge is -2.34. The number of nitrogens with zero attached hydrogens (tertiary/aromatic N) is 3. The molecule has 0 unspecified atom stereocenters. The van der Waals surface area contributed by atoms with Crippen molar-refractivity contribution in [1.82, 2.24) is 0 Å². The van der Waals surface area contributed by atoms with Gasteiger partial charge in [0.15, 0.2) is 0 Å². The number of hydrogen-bond acceptors (Lipinski definition) is 1. The molecule has 0 aliphatic heterocycles. The van der Waals surface area contributed by atoms with E-state index in [0.29, 0.717) is 12.0 Å². The van der Waals surface area contributed by atoms with E-state index < -0.39 is 0 Å². The monoisotopic (exact) mass is 181 g/mol. The summed E-state index contributed by atoms with van der Waals surface area (Å²) in [7, 11) is 0. The Morgan fingerprint density at radius 2 is 2.00 bits per heavy atom. The van der Waals surface area contributed by atoms with Gasteiger partial charge < -0.3 is 0 Å². The van der Waals surface area contributed by atoms with Crippen molar-refractivity contribution < 1.29 is 0 Å². The number of azide groups is 1. The lowest BCUT2D eigenvalue weighted by molar-refractivity contribution is 0.186. The lowest BCUT2D eigenvalue weighted by atomic mass is 9.72. The van der Waals surface area contributed by atoms with Gasteiger partial charge in [0, 0.05) is 11.5 Å². The standard InChI is InChI=1S/C10H19N3/c1-10(2)6-3-9(4-7-10)5-8-12-13-11/h9H,3-8H2,1-2H3. The highest BCUT2D eigenvalue weighted by Crippen LogP contribution is 2.38. The van der Waals surface area contributed by atoms with Gasteiger partial charge in [-0.1, -0.05) is 19.0 Å². The van der Waals surface area contributed by atoms with Crippen molar-refractivity contribution in [3.63, 3.8) is 0 Å². The second-order valence-electron chi connectivity index (χ2n) is 4.85. The third-order valence-corrected chi connectivity index (χ3v) is 3.16. The Balaban J connectivity index is 2.21. The first kappa shape index (κ1) is 10.4. The second-order valence-corrected chi connectivity index (χ2v) is 4.85. The Hall–Kier alpha value is -0.690. The van der Waals surface area contributed by atoms with Gasteiger partial charge in [0.2, 0.25) is 0 Å². The van der Waals surface area contributed by atoms with Crippen LogP contribution < -0.4 is 0 Å². The molecule has 3 nitrogen and oxygen atoms in total. The third kappa shape index (κ3) is 3.69. The summed E-state index contributed by atoms with van der Waals surface area (Å²) in [5, 5.41) is 3.58. The van der Waals surface area contributed by atoms with Gasteiger partial charge in [-0.25, -0.2) is 0 Å². The van der Waals surface area contributed by atoms with Crippen molar-refractivity contribution in [1.29, 1.82) is 0 Å². The van der Waals surface area contributed by atoms with Crippen molar-refractivity contribution in [3.05, 3.63) is 10.4 Å². The molecule has 1 saturated carbocycles. The Labute approximate surface area is 80.2 Å². The molecule has 13 heavy (non-hydrogen) atoms. The quantitative estimate of drug-likeness (QED) is 0.360. The van der Waals surface area contributed by atoms with Crippen LogP contribution in [0.5, 0.6) is 0 Å². The Morgan fingerprint density at radius 3 is 2.54 bits per heavy atom. The molecule has 0 heterocycles. The molecule has 0 atom stereocenters. The first-order valence-corrected chi connectivity index (χ1v) is 5.15. The van der Waals surface area contributed by atoms with E-state index in [0.717, 1.165) is 12.3 Å². The molecule has 0 aromatic heterocycles. The average molecular weight is 181 g/mol. The molecule has 1 fully saturated rings. The predicted octanol–water partition coefficient (Wildman–Crippen LogP) is 3.90. The summed E-state index contributed by atoms with van der Waals surface area (Å²) in [5.41, 5.74) is 8.69. The molecule has 0 amide bonds. The van der Waals surface area contributed by atoms with Crippen LogP contribution >= 0.6 is 0 Å². The van der Waals surface area contributed by atoms with E-state index in [4.69, 9.17) is 5.53 Å². The summed E-state index contributed by atoms with van der Waals surface area (Å²) < 4.78 is 0. The molecule has 0 spiro atoms. The van der Waals surface area contributed by atoms with Crippen LogP contribution in [-0.4, -0.2) is 6.54 Å². The van der Waals surface area contributed by atoms with Crippen molar-refractivity contribution in [2.45, 2.75) is 46.0 Å². The van der Waals surface area contributed by atoms with Crippen molar-refractivity contribution in [2.24, 2.45) is 16.4 Å². The van der Waals surface area contributed by atoms with Crippen LogP contribution in [0.1, 0.15) is 46.0 Å². The summed E-state index contributed by atoms with van der Waals surface area (Å²) in [6.07, 6.45) is 6.36. The minimum Gasteiger partial charge on any atom is -0.0940 e. The molecule has 0 N–H and O–H groups in total. The Bertz CT molecular complexity index is 194. The van der Waals surface area contributed by atoms with Gasteiger partial charge >= 0.3 is 0 Å². The lowest BCUT2D eigenvalue weighted by Crippen LogP contribution is -2.21. The van der Waals surface area contributed by atoms with E-state index in [1.54, 1.807) is 0 Å². The van der Waals surface area contributed by atoms with Crippen LogP contribution in [0.25, 0.3) is 10.4 Å². The first-order valence-electron chi connectivity index (χ1n) is 5.15. The summed E-state index contributed by atoms with van der Waals surface area (Å²) in [4.78, 5) is 2.77. The van der Waals surface area contributed by atoms with E-state index in [-0.39, 0.29) is 0 Å². The Morgan fingerprint density at radius 1 is 1.38 bits per heavy atom. The highest BCUT2D eigenvalue weighted by Gasteiger charge is 2.25. The van der Waals surface area contributed by atoms with Crippen LogP contribution in [0.4, 0.5) is 0 Å². The molecule has 0 saturated heterocycles. The maximum Gasteiger partial charge on any atom is 0.0260 e. The first-order chi connectivity index (χ1) is 6.14. The van der Waals surface area contributed by atoms with Crippen molar-refractivity contribution >= 4 is 0 Å². The SMILES string of the molecule is CC1(C)CCC(CCN=[N+]=[N-])CC1. The minimum absolute atomic E-state index is 0.551. The summed E-state index contributed by atoms with van der Waals surface area (Å²) in [6.45, 7) is 5.37. The van der Waals surface area contributed by atoms with E-state index >= 15 is 0 Å². The van der Waals surface area contributed by atoms with Crippen LogP contribution in [-0.2, 0) is 0 Å². The average Bonchev–Trinajstić information content (AvgIpc) is 2.08. The molecule has 0 aromatic rings. The fourth-order valence-electron chi connectivity index (χ4n) is 2.03. The van der Waals surface area contributed by atoms with Gasteiger partial charge in [-0.15, -0.1) is 0 Å². The van der Waals surface area contributed by atoms with Gasteiger partial charge in [-0.05, 0) is 49.0 Å². The molecular weight excluding hydrogens is 162 g/mol. The van der Waals surface area contributed by atoms with Crippen LogP contribution in [0.2, 0.25) is 0 Å². The molecule has 1 rings (SSSR count). The third-order valence-electron chi connectivity index (χ3n) is 3.16. The second kappa shape index (κ2) is 4.52.